The van der Waals surface area contributed by atoms with Gasteiger partial charge in [0.05, 0.1) is 0 Å². The molecule has 0 bridgehead atoms. The molecule has 0 saturated heterocycles. The van der Waals surface area contributed by atoms with E-state index in [1.807, 2.05) is 0 Å². The van der Waals surface area contributed by atoms with Crippen LogP contribution in [0.1, 0.15) is 32.3 Å². The lowest BCUT2D eigenvalue weighted by atomic mass is 9.80. The first-order valence-electron chi connectivity index (χ1n) is 9.39. The van der Waals surface area contributed by atoms with E-state index in [9.17, 15) is 0 Å². The second kappa shape index (κ2) is 8.24. The summed E-state index contributed by atoms with van der Waals surface area (Å²) in [4.78, 5) is 2.30. The van der Waals surface area contributed by atoms with Gasteiger partial charge in [0.1, 0.15) is 0 Å². The highest BCUT2D eigenvalue weighted by Crippen LogP contribution is 2.30. The van der Waals surface area contributed by atoms with Gasteiger partial charge < -0.3 is 10.2 Å². The van der Waals surface area contributed by atoms with Gasteiger partial charge in [-0.2, -0.15) is 0 Å². The van der Waals surface area contributed by atoms with Gasteiger partial charge in [0, 0.05) is 31.5 Å². The molecule has 0 aliphatic heterocycles. The fourth-order valence-corrected chi connectivity index (χ4v) is 3.82. The Kier molecular flexibility index (Phi) is 5.80. The standard InChI is InChI=1S/C23H30N2/c1-18-10-9-11-19(2)22(18)16-24-23-15-8-7-12-20(23)17-25(3)21-13-5-4-6-14-21/h4-8,10,12-15,19,22,24H,9,11,16-17H2,1-3H3. The van der Waals surface area contributed by atoms with Crippen molar-refractivity contribution in [2.45, 2.75) is 33.2 Å². The van der Waals surface area contributed by atoms with E-state index < -0.39 is 0 Å². The first kappa shape index (κ1) is 17.6. The Morgan fingerprint density at radius 1 is 1.04 bits per heavy atom. The fraction of sp³-hybridized carbons (Fsp3) is 0.391. The van der Waals surface area contributed by atoms with Gasteiger partial charge >= 0.3 is 0 Å². The number of para-hydroxylation sites is 2. The molecule has 2 nitrogen and oxygen atoms in total. The number of benzene rings is 2. The molecular formula is C23H30N2. The summed E-state index contributed by atoms with van der Waals surface area (Å²) in [5.41, 5.74) is 5.40. The predicted molar refractivity (Wildman–Crippen MR) is 109 cm³/mol. The molecule has 0 spiro atoms. The number of nitrogens with zero attached hydrogens (tertiary/aromatic N) is 1. The third-order valence-electron chi connectivity index (χ3n) is 5.49. The number of hydrogen-bond donors (Lipinski definition) is 1. The molecule has 1 N–H and O–H groups in total. The number of rotatable bonds is 6. The molecule has 0 saturated carbocycles. The van der Waals surface area contributed by atoms with Gasteiger partial charge in [-0.1, -0.05) is 55.0 Å². The Labute approximate surface area is 152 Å². The Hall–Kier alpha value is -2.22. The molecule has 2 atom stereocenters. The average Bonchev–Trinajstić information content (AvgIpc) is 2.63. The molecule has 1 aliphatic carbocycles. The van der Waals surface area contributed by atoms with Gasteiger partial charge in [0.25, 0.3) is 0 Å². The zero-order valence-electron chi connectivity index (χ0n) is 15.7. The fourth-order valence-electron chi connectivity index (χ4n) is 3.82. The molecule has 132 valence electrons. The molecule has 0 amide bonds. The van der Waals surface area contributed by atoms with Crippen LogP contribution in [0.2, 0.25) is 0 Å². The summed E-state index contributed by atoms with van der Waals surface area (Å²) in [7, 11) is 2.15. The second-order valence-corrected chi connectivity index (χ2v) is 7.34. The summed E-state index contributed by atoms with van der Waals surface area (Å²) in [6, 6.07) is 19.3. The van der Waals surface area contributed by atoms with Crippen LogP contribution < -0.4 is 10.2 Å². The Morgan fingerprint density at radius 3 is 2.52 bits per heavy atom. The highest BCUT2D eigenvalue weighted by Gasteiger charge is 2.22. The van der Waals surface area contributed by atoms with Crippen LogP contribution in [0.25, 0.3) is 0 Å². The quantitative estimate of drug-likeness (QED) is 0.679. The van der Waals surface area contributed by atoms with Crippen LogP contribution in [0.3, 0.4) is 0 Å². The largest absolute Gasteiger partial charge is 0.384 e. The summed E-state index contributed by atoms with van der Waals surface area (Å²) in [5, 5.41) is 3.73. The summed E-state index contributed by atoms with van der Waals surface area (Å²) in [6.07, 6.45) is 4.96. The monoisotopic (exact) mass is 334 g/mol. The van der Waals surface area contributed by atoms with E-state index in [1.165, 1.54) is 29.8 Å². The summed E-state index contributed by atoms with van der Waals surface area (Å²) in [6.45, 7) is 6.60. The maximum Gasteiger partial charge on any atom is 0.0446 e. The van der Waals surface area contributed by atoms with Crippen molar-refractivity contribution in [3.63, 3.8) is 0 Å². The third kappa shape index (κ3) is 4.45. The Morgan fingerprint density at radius 2 is 1.76 bits per heavy atom. The van der Waals surface area contributed by atoms with Crippen molar-refractivity contribution in [3.8, 4) is 0 Å². The Bertz CT molecular complexity index is 705. The van der Waals surface area contributed by atoms with Crippen LogP contribution in [0.5, 0.6) is 0 Å². The van der Waals surface area contributed by atoms with Crippen molar-refractivity contribution in [1.82, 2.24) is 0 Å². The van der Waals surface area contributed by atoms with Crippen molar-refractivity contribution < 1.29 is 0 Å². The van der Waals surface area contributed by atoms with Gasteiger partial charge in [-0.15, -0.1) is 0 Å². The van der Waals surface area contributed by atoms with Crippen LogP contribution in [-0.2, 0) is 6.54 Å². The molecule has 0 heterocycles. The summed E-state index contributed by atoms with van der Waals surface area (Å²) < 4.78 is 0. The molecule has 3 rings (SSSR count). The molecule has 2 unspecified atom stereocenters. The van der Waals surface area contributed by atoms with E-state index in [4.69, 9.17) is 0 Å². The maximum atomic E-state index is 3.73. The summed E-state index contributed by atoms with van der Waals surface area (Å²) >= 11 is 0. The van der Waals surface area contributed by atoms with E-state index in [-0.39, 0.29) is 0 Å². The van der Waals surface area contributed by atoms with Crippen molar-refractivity contribution >= 4 is 11.4 Å². The topological polar surface area (TPSA) is 15.3 Å². The third-order valence-corrected chi connectivity index (χ3v) is 5.49. The SMILES string of the molecule is CC1=CCCC(C)C1CNc1ccccc1CN(C)c1ccccc1. The van der Waals surface area contributed by atoms with Crippen LogP contribution in [0.4, 0.5) is 11.4 Å². The lowest BCUT2D eigenvalue weighted by molar-refractivity contribution is 0.381. The smallest absolute Gasteiger partial charge is 0.0446 e. The van der Waals surface area contributed by atoms with Crippen molar-refractivity contribution in [1.29, 1.82) is 0 Å². The van der Waals surface area contributed by atoms with Gasteiger partial charge in [-0.3, -0.25) is 0 Å². The highest BCUT2D eigenvalue weighted by molar-refractivity contribution is 5.54. The minimum absolute atomic E-state index is 0.647. The van der Waals surface area contributed by atoms with E-state index >= 15 is 0 Å². The second-order valence-electron chi connectivity index (χ2n) is 7.34. The number of hydrogen-bond acceptors (Lipinski definition) is 2. The lowest BCUT2D eigenvalue weighted by Gasteiger charge is -2.30. The minimum Gasteiger partial charge on any atom is -0.384 e. The maximum absolute atomic E-state index is 3.73. The molecule has 2 aromatic carbocycles. The van der Waals surface area contributed by atoms with Crippen LogP contribution >= 0.6 is 0 Å². The molecule has 0 fully saturated rings. The minimum atomic E-state index is 0.647. The molecule has 1 aliphatic rings. The van der Waals surface area contributed by atoms with Crippen molar-refractivity contribution in [2.75, 3.05) is 23.8 Å². The molecule has 2 aromatic rings. The zero-order chi connectivity index (χ0) is 17.6. The van der Waals surface area contributed by atoms with Gasteiger partial charge in [-0.25, -0.2) is 0 Å². The number of nitrogens with one attached hydrogen (secondary N) is 1. The average molecular weight is 335 g/mol. The highest BCUT2D eigenvalue weighted by atomic mass is 15.1. The van der Waals surface area contributed by atoms with Gasteiger partial charge in [0.15, 0.2) is 0 Å². The van der Waals surface area contributed by atoms with Crippen LogP contribution in [0, 0.1) is 11.8 Å². The van der Waals surface area contributed by atoms with E-state index in [2.05, 4.69) is 91.8 Å². The normalized spacial score (nSPS) is 20.0. The lowest BCUT2D eigenvalue weighted by Crippen LogP contribution is -2.25. The van der Waals surface area contributed by atoms with E-state index in [0.717, 1.165) is 19.0 Å². The molecular weight excluding hydrogens is 304 g/mol. The first-order chi connectivity index (χ1) is 12.1. The van der Waals surface area contributed by atoms with E-state index in [1.54, 1.807) is 5.57 Å². The van der Waals surface area contributed by atoms with Gasteiger partial charge in [-0.05, 0) is 55.4 Å². The van der Waals surface area contributed by atoms with Crippen molar-refractivity contribution in [3.05, 3.63) is 71.8 Å². The summed E-state index contributed by atoms with van der Waals surface area (Å²) in [5.74, 6) is 1.41. The first-order valence-corrected chi connectivity index (χ1v) is 9.39. The Balaban J connectivity index is 1.69. The number of anilines is 2. The van der Waals surface area contributed by atoms with Crippen LogP contribution in [-0.4, -0.2) is 13.6 Å². The number of allylic oxidation sites excluding steroid dienone is 1. The van der Waals surface area contributed by atoms with Gasteiger partial charge in [0.2, 0.25) is 0 Å². The molecule has 2 heteroatoms. The molecule has 0 aromatic heterocycles. The molecule has 25 heavy (non-hydrogen) atoms. The van der Waals surface area contributed by atoms with Crippen LogP contribution in [0.15, 0.2) is 66.2 Å². The van der Waals surface area contributed by atoms with E-state index in [0.29, 0.717) is 5.92 Å². The zero-order valence-corrected chi connectivity index (χ0v) is 15.7. The predicted octanol–water partition coefficient (Wildman–Crippen LogP) is 5.73. The molecule has 0 radical (unpaired) electrons. The van der Waals surface area contributed by atoms with Crippen molar-refractivity contribution in [2.24, 2.45) is 11.8 Å².